The fourth-order valence-corrected chi connectivity index (χ4v) is 2.46. The zero-order chi connectivity index (χ0) is 13.9. The normalized spacial score (nSPS) is 12.9. The highest BCUT2D eigenvalue weighted by molar-refractivity contribution is 5.99. The van der Waals surface area contributed by atoms with E-state index in [0.29, 0.717) is 0 Å². The molecule has 0 radical (unpaired) electrons. The lowest BCUT2D eigenvalue weighted by molar-refractivity contribution is 0.262. The van der Waals surface area contributed by atoms with E-state index in [1.165, 1.54) is 11.3 Å². The first kappa shape index (κ1) is 12.5. The van der Waals surface area contributed by atoms with E-state index in [9.17, 15) is 4.79 Å². The van der Waals surface area contributed by atoms with Crippen LogP contribution in [-0.2, 0) is 6.42 Å². The molecule has 3 rings (SSSR count). The number of carbonyl (C=O) groups excluding carboxylic acids is 1. The molecule has 20 heavy (non-hydrogen) atoms. The average molecular weight is 267 g/mol. The lowest BCUT2D eigenvalue weighted by atomic mass is 10.1. The minimum atomic E-state index is -0.220. The Balaban J connectivity index is 1.68. The summed E-state index contributed by atoms with van der Waals surface area (Å²) in [4.78, 5) is 14.1. The van der Waals surface area contributed by atoms with Gasteiger partial charge in [0.25, 0.3) is 0 Å². The van der Waals surface area contributed by atoms with E-state index in [-0.39, 0.29) is 6.03 Å². The Morgan fingerprint density at radius 1 is 1.05 bits per heavy atom. The van der Waals surface area contributed by atoms with Crippen LogP contribution in [0, 0.1) is 0 Å². The number of carbonyl (C=O) groups is 1. The summed E-state index contributed by atoms with van der Waals surface area (Å²) in [6.07, 6.45) is 1.03. The number of para-hydroxylation sites is 1. The lowest BCUT2D eigenvalue weighted by Gasteiger charge is -2.13. The van der Waals surface area contributed by atoms with E-state index in [2.05, 4.69) is 28.6 Å². The zero-order valence-electron chi connectivity index (χ0n) is 11.4. The van der Waals surface area contributed by atoms with Gasteiger partial charge in [-0.2, -0.15) is 0 Å². The van der Waals surface area contributed by atoms with Crippen molar-refractivity contribution in [1.82, 2.24) is 0 Å². The number of nitrogens with one attached hydrogen (secondary N) is 2. The predicted molar refractivity (Wildman–Crippen MR) is 82.5 cm³/mol. The zero-order valence-corrected chi connectivity index (χ0v) is 11.4. The summed E-state index contributed by atoms with van der Waals surface area (Å²) in [7, 11) is 2.08. The van der Waals surface area contributed by atoms with Gasteiger partial charge in [0.05, 0.1) is 0 Å². The maximum absolute atomic E-state index is 11.9. The number of urea groups is 1. The average Bonchev–Trinajstić information content (AvgIpc) is 2.81. The van der Waals surface area contributed by atoms with Crippen LogP contribution in [0.5, 0.6) is 0 Å². The largest absolute Gasteiger partial charge is 0.374 e. The number of likely N-dealkylation sites (N-methyl/N-ethyl adjacent to an activating group) is 1. The van der Waals surface area contributed by atoms with E-state index in [0.717, 1.165) is 24.3 Å². The van der Waals surface area contributed by atoms with Crippen LogP contribution in [0.25, 0.3) is 0 Å². The fraction of sp³-hybridized carbons (Fsp3) is 0.188. The van der Waals surface area contributed by atoms with Crippen molar-refractivity contribution in [3.8, 4) is 0 Å². The maximum Gasteiger partial charge on any atom is 0.323 e. The minimum Gasteiger partial charge on any atom is -0.374 e. The standard InChI is InChI=1S/C16H17N3O/c1-19-10-9-12-11-14(7-8-15(12)19)18-16(20)17-13-5-3-2-4-6-13/h2-8,11H,9-10H2,1H3,(H2,17,18,20). The number of benzene rings is 2. The van der Waals surface area contributed by atoms with Crippen LogP contribution < -0.4 is 15.5 Å². The monoisotopic (exact) mass is 267 g/mol. The third-order valence-corrected chi connectivity index (χ3v) is 3.50. The lowest BCUT2D eigenvalue weighted by Crippen LogP contribution is -2.19. The van der Waals surface area contributed by atoms with E-state index >= 15 is 0 Å². The van der Waals surface area contributed by atoms with E-state index < -0.39 is 0 Å². The quantitative estimate of drug-likeness (QED) is 0.876. The van der Waals surface area contributed by atoms with Gasteiger partial charge in [0.2, 0.25) is 0 Å². The Morgan fingerprint density at radius 2 is 1.80 bits per heavy atom. The van der Waals surface area contributed by atoms with Crippen molar-refractivity contribution >= 4 is 23.1 Å². The Morgan fingerprint density at radius 3 is 2.60 bits per heavy atom. The Kier molecular flexibility index (Phi) is 3.29. The van der Waals surface area contributed by atoms with Crippen LogP contribution >= 0.6 is 0 Å². The second kappa shape index (κ2) is 5.25. The van der Waals surface area contributed by atoms with Gasteiger partial charge in [-0.25, -0.2) is 4.79 Å². The van der Waals surface area contributed by atoms with Gasteiger partial charge in [-0.3, -0.25) is 0 Å². The smallest absolute Gasteiger partial charge is 0.323 e. The van der Waals surface area contributed by atoms with Gasteiger partial charge in [-0.15, -0.1) is 0 Å². The van der Waals surface area contributed by atoms with Crippen molar-refractivity contribution in [3.05, 3.63) is 54.1 Å². The molecule has 0 saturated carbocycles. The number of hydrogen-bond donors (Lipinski definition) is 2. The molecule has 0 saturated heterocycles. The molecular formula is C16H17N3O. The topological polar surface area (TPSA) is 44.4 Å². The molecule has 0 unspecified atom stereocenters. The van der Waals surface area contributed by atoms with Crippen molar-refractivity contribution in [2.75, 3.05) is 29.1 Å². The number of fused-ring (bicyclic) bond motifs is 1. The molecule has 2 amide bonds. The van der Waals surface area contributed by atoms with Gasteiger partial charge >= 0.3 is 6.03 Å². The molecule has 102 valence electrons. The van der Waals surface area contributed by atoms with Gasteiger partial charge in [0.15, 0.2) is 0 Å². The first-order valence-electron chi connectivity index (χ1n) is 6.69. The van der Waals surface area contributed by atoms with Crippen molar-refractivity contribution in [3.63, 3.8) is 0 Å². The SMILES string of the molecule is CN1CCc2cc(NC(=O)Nc3ccccc3)ccc21. The van der Waals surface area contributed by atoms with Crippen molar-refractivity contribution in [2.24, 2.45) is 0 Å². The molecule has 4 heteroatoms. The Labute approximate surface area is 118 Å². The van der Waals surface area contributed by atoms with E-state index in [1.54, 1.807) is 0 Å². The number of amides is 2. The van der Waals surface area contributed by atoms with Gasteiger partial charge in [0, 0.05) is 30.7 Å². The van der Waals surface area contributed by atoms with Crippen LogP contribution in [-0.4, -0.2) is 19.6 Å². The van der Waals surface area contributed by atoms with Gasteiger partial charge in [-0.1, -0.05) is 18.2 Å². The highest BCUT2D eigenvalue weighted by Gasteiger charge is 2.15. The number of hydrogen-bond acceptors (Lipinski definition) is 2. The summed E-state index contributed by atoms with van der Waals surface area (Å²) in [5, 5.41) is 5.67. The summed E-state index contributed by atoms with van der Waals surface area (Å²) in [5.41, 5.74) is 4.14. The molecule has 2 aromatic rings. The molecule has 0 atom stereocenters. The molecule has 2 aromatic carbocycles. The molecule has 1 aliphatic heterocycles. The first-order chi connectivity index (χ1) is 9.72. The summed E-state index contributed by atoms with van der Waals surface area (Å²) < 4.78 is 0. The minimum absolute atomic E-state index is 0.220. The number of anilines is 3. The molecular weight excluding hydrogens is 250 g/mol. The summed E-state index contributed by atoms with van der Waals surface area (Å²) in [6, 6.07) is 15.2. The molecule has 2 N–H and O–H groups in total. The third kappa shape index (κ3) is 2.59. The second-order valence-corrected chi connectivity index (χ2v) is 4.96. The summed E-state index contributed by atoms with van der Waals surface area (Å²) >= 11 is 0. The molecule has 0 fully saturated rings. The van der Waals surface area contributed by atoms with Crippen molar-refractivity contribution < 1.29 is 4.79 Å². The second-order valence-electron chi connectivity index (χ2n) is 4.96. The fourth-order valence-electron chi connectivity index (χ4n) is 2.46. The Bertz CT molecular complexity index is 625. The van der Waals surface area contributed by atoms with Crippen LogP contribution in [0.15, 0.2) is 48.5 Å². The van der Waals surface area contributed by atoms with Crippen molar-refractivity contribution in [1.29, 1.82) is 0 Å². The summed E-state index contributed by atoms with van der Waals surface area (Å²) in [6.45, 7) is 1.04. The third-order valence-electron chi connectivity index (χ3n) is 3.50. The highest BCUT2D eigenvalue weighted by Crippen LogP contribution is 2.29. The van der Waals surface area contributed by atoms with Crippen LogP contribution in [0.3, 0.4) is 0 Å². The van der Waals surface area contributed by atoms with Crippen LogP contribution in [0.2, 0.25) is 0 Å². The molecule has 0 aliphatic carbocycles. The molecule has 0 aromatic heterocycles. The van der Waals surface area contributed by atoms with E-state index in [1.807, 2.05) is 42.5 Å². The molecule has 4 nitrogen and oxygen atoms in total. The highest BCUT2D eigenvalue weighted by atomic mass is 16.2. The maximum atomic E-state index is 11.9. The van der Waals surface area contributed by atoms with Crippen LogP contribution in [0.4, 0.5) is 21.9 Å². The molecule has 0 spiro atoms. The van der Waals surface area contributed by atoms with Crippen LogP contribution in [0.1, 0.15) is 5.56 Å². The van der Waals surface area contributed by atoms with Crippen molar-refractivity contribution in [2.45, 2.75) is 6.42 Å². The van der Waals surface area contributed by atoms with Gasteiger partial charge in [0.1, 0.15) is 0 Å². The molecule has 1 aliphatic rings. The summed E-state index contributed by atoms with van der Waals surface area (Å²) in [5.74, 6) is 0. The van der Waals surface area contributed by atoms with Gasteiger partial charge < -0.3 is 15.5 Å². The number of nitrogens with zero attached hydrogens (tertiary/aromatic N) is 1. The first-order valence-corrected chi connectivity index (χ1v) is 6.69. The molecule has 0 bridgehead atoms. The number of rotatable bonds is 2. The predicted octanol–water partition coefficient (Wildman–Crippen LogP) is 3.32. The van der Waals surface area contributed by atoms with Gasteiger partial charge in [-0.05, 0) is 42.3 Å². The molecule has 1 heterocycles. The Hall–Kier alpha value is -2.49. The van der Waals surface area contributed by atoms with E-state index in [4.69, 9.17) is 0 Å².